The fourth-order valence-electron chi connectivity index (χ4n) is 4.60. The van der Waals surface area contributed by atoms with Gasteiger partial charge in [0.1, 0.15) is 6.61 Å². The maximum absolute atomic E-state index is 12.5. The van der Waals surface area contributed by atoms with E-state index >= 15 is 0 Å². The summed E-state index contributed by atoms with van der Waals surface area (Å²) < 4.78 is 32.6. The third-order valence-corrected chi connectivity index (χ3v) is 8.36. The second-order valence-corrected chi connectivity index (χ2v) is 13.6. The third-order valence-electron chi connectivity index (χ3n) is 7.37. The van der Waals surface area contributed by atoms with Crippen molar-refractivity contribution in [2.45, 2.75) is 136 Å². The first-order chi connectivity index (χ1) is 24.8. The molecule has 0 radical (unpaired) electrons. The average molecular weight is 734 g/mol. The Morgan fingerprint density at radius 2 is 1.12 bits per heavy atom. The fourth-order valence-corrected chi connectivity index (χ4v) is 5.36. The van der Waals surface area contributed by atoms with Crippen molar-refractivity contribution >= 4 is 19.8 Å². The van der Waals surface area contributed by atoms with E-state index in [2.05, 4.69) is 68.5 Å². The zero-order chi connectivity index (χ0) is 37.5. The van der Waals surface area contributed by atoms with Crippen molar-refractivity contribution in [2.24, 2.45) is 5.73 Å². The van der Waals surface area contributed by atoms with E-state index in [4.69, 9.17) is 24.3 Å². The minimum Gasteiger partial charge on any atom is -0.462 e. The largest absolute Gasteiger partial charge is 0.472 e. The average Bonchev–Trinajstić information content (AvgIpc) is 3.11. The van der Waals surface area contributed by atoms with E-state index < -0.39 is 32.5 Å². The second-order valence-electron chi connectivity index (χ2n) is 12.1. The standard InChI is InChI=1S/C41H68NO8P/c1-3-5-7-9-11-13-15-17-19-21-23-25-27-29-31-33-40(43)47-37-39(38-49-51(45,46)48-36-35-42)50-41(44)34-32-30-28-26-24-22-20-18-16-14-12-10-8-6-4-2/h5-8,10-14,16-20,39H,3-4,9,15,21-38,42H2,1-2H3,(H,45,46)/b7-5+,8-6+,12-10+,13-11+,16-14+,19-17+,20-18+/t39-/m1/s1. The number of nitrogens with two attached hydrogens (primary N) is 1. The first-order valence-corrected chi connectivity index (χ1v) is 20.6. The number of phosphoric ester groups is 1. The van der Waals surface area contributed by atoms with Gasteiger partial charge in [-0.15, -0.1) is 0 Å². The third kappa shape index (κ3) is 36.8. The van der Waals surface area contributed by atoms with Crippen LogP contribution in [0.3, 0.4) is 0 Å². The second kappa shape index (κ2) is 37.0. The summed E-state index contributed by atoms with van der Waals surface area (Å²) in [5, 5.41) is 0. The number of carbonyl (C=O) groups excluding carboxylic acids is 2. The molecular formula is C41H68NO8P. The summed E-state index contributed by atoms with van der Waals surface area (Å²) >= 11 is 0. The van der Waals surface area contributed by atoms with Gasteiger partial charge in [0.25, 0.3) is 0 Å². The molecule has 2 atom stereocenters. The predicted molar refractivity (Wildman–Crippen MR) is 210 cm³/mol. The molecule has 0 aromatic heterocycles. The van der Waals surface area contributed by atoms with Gasteiger partial charge in [0.05, 0.1) is 13.2 Å². The van der Waals surface area contributed by atoms with Crippen LogP contribution in [0.5, 0.6) is 0 Å². The number of phosphoric acid groups is 1. The lowest BCUT2D eigenvalue weighted by Crippen LogP contribution is -2.29. The molecule has 0 bridgehead atoms. The lowest BCUT2D eigenvalue weighted by molar-refractivity contribution is -0.161. The summed E-state index contributed by atoms with van der Waals surface area (Å²) in [7, 11) is -4.39. The lowest BCUT2D eigenvalue weighted by atomic mass is 10.1. The highest BCUT2D eigenvalue weighted by molar-refractivity contribution is 7.47. The number of hydrogen-bond donors (Lipinski definition) is 2. The number of rotatable bonds is 34. The van der Waals surface area contributed by atoms with Crippen LogP contribution in [0.15, 0.2) is 85.1 Å². The Kier molecular flexibility index (Phi) is 34.9. The molecule has 0 saturated heterocycles. The van der Waals surface area contributed by atoms with Crippen molar-refractivity contribution in [1.82, 2.24) is 0 Å². The first kappa shape index (κ1) is 48.2. The van der Waals surface area contributed by atoms with Crippen LogP contribution < -0.4 is 5.73 Å². The normalized spacial score (nSPS) is 14.4. The van der Waals surface area contributed by atoms with Crippen molar-refractivity contribution < 1.29 is 37.6 Å². The monoisotopic (exact) mass is 733 g/mol. The Bertz CT molecular complexity index is 1110. The molecule has 0 amide bonds. The van der Waals surface area contributed by atoms with Gasteiger partial charge in [-0.05, 0) is 64.2 Å². The smallest absolute Gasteiger partial charge is 0.462 e. The molecule has 0 heterocycles. The Labute approximate surface area is 309 Å². The van der Waals surface area contributed by atoms with Crippen molar-refractivity contribution in [3.63, 3.8) is 0 Å². The molecule has 0 aliphatic heterocycles. The van der Waals surface area contributed by atoms with E-state index in [0.29, 0.717) is 12.8 Å². The predicted octanol–water partition coefficient (Wildman–Crippen LogP) is 10.5. The van der Waals surface area contributed by atoms with Crippen LogP contribution in [0, 0.1) is 0 Å². The Hall–Kier alpha value is -2.81. The van der Waals surface area contributed by atoms with Crippen molar-refractivity contribution in [3.05, 3.63) is 85.1 Å². The summed E-state index contributed by atoms with van der Waals surface area (Å²) in [6.07, 6.45) is 44.7. The molecule has 0 fully saturated rings. The molecule has 10 heteroatoms. The van der Waals surface area contributed by atoms with Gasteiger partial charge in [-0.1, -0.05) is 137 Å². The summed E-state index contributed by atoms with van der Waals surface area (Å²) in [6.45, 7) is 3.39. The van der Waals surface area contributed by atoms with Crippen molar-refractivity contribution in [1.29, 1.82) is 0 Å². The molecule has 0 aliphatic carbocycles. The molecule has 0 aliphatic rings. The molecule has 0 saturated carbocycles. The molecular weight excluding hydrogens is 665 g/mol. The summed E-state index contributed by atoms with van der Waals surface area (Å²) in [4.78, 5) is 34.7. The topological polar surface area (TPSA) is 134 Å². The summed E-state index contributed by atoms with van der Waals surface area (Å²) in [6, 6.07) is 0. The Morgan fingerprint density at radius 3 is 1.75 bits per heavy atom. The molecule has 3 N–H and O–H groups in total. The minimum atomic E-state index is -4.39. The number of carbonyl (C=O) groups is 2. The van der Waals surface area contributed by atoms with Crippen LogP contribution in [0.2, 0.25) is 0 Å². The van der Waals surface area contributed by atoms with Gasteiger partial charge >= 0.3 is 19.8 Å². The van der Waals surface area contributed by atoms with Gasteiger partial charge < -0.3 is 20.1 Å². The van der Waals surface area contributed by atoms with E-state index in [0.717, 1.165) is 89.9 Å². The molecule has 0 aromatic carbocycles. The minimum absolute atomic E-state index is 0.0414. The number of unbranched alkanes of at least 4 members (excludes halogenated alkanes) is 10. The van der Waals surface area contributed by atoms with Gasteiger partial charge in [0.15, 0.2) is 6.10 Å². The van der Waals surface area contributed by atoms with Crippen molar-refractivity contribution in [2.75, 3.05) is 26.4 Å². The van der Waals surface area contributed by atoms with Crippen LogP contribution >= 0.6 is 7.82 Å². The molecule has 0 spiro atoms. The van der Waals surface area contributed by atoms with Crippen molar-refractivity contribution in [3.8, 4) is 0 Å². The summed E-state index contributed by atoms with van der Waals surface area (Å²) in [5.74, 6) is -0.887. The first-order valence-electron chi connectivity index (χ1n) is 19.1. The summed E-state index contributed by atoms with van der Waals surface area (Å²) in [5.41, 5.74) is 5.33. The Balaban J connectivity index is 4.32. The van der Waals surface area contributed by atoms with E-state index in [-0.39, 0.29) is 32.6 Å². The maximum Gasteiger partial charge on any atom is 0.472 e. The molecule has 9 nitrogen and oxygen atoms in total. The maximum atomic E-state index is 12.5. The highest BCUT2D eigenvalue weighted by Gasteiger charge is 2.25. The lowest BCUT2D eigenvalue weighted by Gasteiger charge is -2.19. The molecule has 0 rings (SSSR count). The fraction of sp³-hybridized carbons (Fsp3) is 0.610. The van der Waals surface area contributed by atoms with Gasteiger partial charge in [-0.25, -0.2) is 4.57 Å². The van der Waals surface area contributed by atoms with Gasteiger partial charge in [0.2, 0.25) is 0 Å². The molecule has 51 heavy (non-hydrogen) atoms. The van der Waals surface area contributed by atoms with Gasteiger partial charge in [-0.2, -0.15) is 0 Å². The van der Waals surface area contributed by atoms with Gasteiger partial charge in [-0.3, -0.25) is 18.6 Å². The number of ether oxygens (including phenoxy) is 2. The molecule has 0 aromatic rings. The Morgan fingerprint density at radius 1 is 0.608 bits per heavy atom. The number of hydrogen-bond acceptors (Lipinski definition) is 8. The molecule has 290 valence electrons. The van der Waals surface area contributed by atoms with E-state index in [1.807, 2.05) is 30.4 Å². The zero-order valence-electron chi connectivity index (χ0n) is 31.5. The van der Waals surface area contributed by atoms with Gasteiger partial charge in [0, 0.05) is 19.4 Å². The van der Waals surface area contributed by atoms with E-state index in [9.17, 15) is 19.0 Å². The highest BCUT2D eigenvalue weighted by atomic mass is 31.2. The van der Waals surface area contributed by atoms with Crippen LogP contribution in [-0.4, -0.2) is 49.3 Å². The van der Waals surface area contributed by atoms with E-state index in [1.54, 1.807) is 0 Å². The molecule has 1 unspecified atom stereocenters. The SMILES string of the molecule is CC/C=C/C=C/C=C/C=C/CCCCCCCC(=O)O[C@H](COC(=O)CCCCCCC/C=C/C/C=C/C/C=C/CC)COP(=O)(O)OCCN. The quantitative estimate of drug-likeness (QED) is 0.0218. The van der Waals surface area contributed by atoms with Crippen LogP contribution in [0.1, 0.15) is 129 Å². The van der Waals surface area contributed by atoms with Crippen LogP contribution in [-0.2, 0) is 32.7 Å². The van der Waals surface area contributed by atoms with E-state index in [1.165, 1.54) is 0 Å². The van der Waals surface area contributed by atoms with Crippen LogP contribution in [0.4, 0.5) is 0 Å². The zero-order valence-corrected chi connectivity index (χ0v) is 32.4. The highest BCUT2D eigenvalue weighted by Crippen LogP contribution is 2.43. The number of esters is 2. The van der Waals surface area contributed by atoms with Crippen LogP contribution in [0.25, 0.3) is 0 Å². The number of allylic oxidation sites excluding steroid dienone is 14.